The first-order chi connectivity index (χ1) is 10.0. The Morgan fingerprint density at radius 2 is 1.81 bits per heavy atom. The summed E-state index contributed by atoms with van der Waals surface area (Å²) in [6.07, 6.45) is 6.19. The van der Waals surface area contributed by atoms with Gasteiger partial charge in [0.05, 0.1) is 0 Å². The van der Waals surface area contributed by atoms with Gasteiger partial charge in [-0.1, -0.05) is 50.6 Å². The van der Waals surface area contributed by atoms with Crippen LogP contribution in [0.5, 0.6) is 0 Å². The fraction of sp³-hybridized carbons (Fsp3) is 0.684. The van der Waals surface area contributed by atoms with E-state index in [1.165, 1.54) is 37.9 Å². The van der Waals surface area contributed by atoms with Crippen LogP contribution in [0.25, 0.3) is 0 Å². The number of hydrogen-bond donors (Lipinski definition) is 1. The van der Waals surface area contributed by atoms with Crippen LogP contribution in [-0.4, -0.2) is 30.1 Å². The van der Waals surface area contributed by atoms with Crippen LogP contribution >= 0.6 is 0 Å². The molecule has 0 amide bonds. The summed E-state index contributed by atoms with van der Waals surface area (Å²) in [5, 5.41) is 0. The summed E-state index contributed by atoms with van der Waals surface area (Å²) in [5.74, 6) is 0. The van der Waals surface area contributed by atoms with Gasteiger partial charge < -0.3 is 5.73 Å². The van der Waals surface area contributed by atoms with Crippen LogP contribution in [0.15, 0.2) is 30.3 Å². The van der Waals surface area contributed by atoms with Crippen molar-refractivity contribution in [3.8, 4) is 0 Å². The third kappa shape index (κ3) is 4.08. The van der Waals surface area contributed by atoms with Crippen LogP contribution in [0.4, 0.5) is 0 Å². The highest BCUT2D eigenvalue weighted by Gasteiger charge is 2.36. The van der Waals surface area contributed by atoms with E-state index in [0.29, 0.717) is 5.41 Å². The van der Waals surface area contributed by atoms with E-state index < -0.39 is 0 Å². The Labute approximate surface area is 130 Å². The Balaban J connectivity index is 1.95. The van der Waals surface area contributed by atoms with Gasteiger partial charge in [-0.15, -0.1) is 0 Å². The van der Waals surface area contributed by atoms with Gasteiger partial charge in [0.25, 0.3) is 0 Å². The number of likely N-dealkylation sites (tertiary alicyclic amines) is 1. The second-order valence-corrected chi connectivity index (χ2v) is 7.34. The summed E-state index contributed by atoms with van der Waals surface area (Å²) in [4.78, 5) is 2.65. The van der Waals surface area contributed by atoms with E-state index in [0.717, 1.165) is 19.4 Å². The zero-order valence-corrected chi connectivity index (χ0v) is 14.1. The molecule has 0 bridgehead atoms. The number of benzene rings is 1. The number of hydrogen-bond acceptors (Lipinski definition) is 2. The van der Waals surface area contributed by atoms with Gasteiger partial charge in [-0.05, 0) is 56.7 Å². The molecule has 1 aliphatic rings. The Hall–Kier alpha value is -0.860. The van der Waals surface area contributed by atoms with Crippen LogP contribution in [0.1, 0.15) is 52.0 Å². The maximum Gasteiger partial charge on any atom is 0.0306 e. The minimum Gasteiger partial charge on any atom is -0.329 e. The number of rotatable bonds is 6. The first-order valence-electron chi connectivity index (χ1n) is 8.50. The summed E-state index contributed by atoms with van der Waals surface area (Å²) in [6.45, 7) is 10.3. The van der Waals surface area contributed by atoms with Crippen molar-refractivity contribution < 1.29 is 0 Å². The van der Waals surface area contributed by atoms with E-state index in [-0.39, 0.29) is 5.54 Å². The van der Waals surface area contributed by atoms with Crippen molar-refractivity contribution in [1.82, 2.24) is 4.90 Å². The van der Waals surface area contributed by atoms with Gasteiger partial charge in [-0.3, -0.25) is 4.90 Å². The van der Waals surface area contributed by atoms with Crippen molar-refractivity contribution in [2.45, 2.75) is 58.4 Å². The molecule has 0 saturated carbocycles. The SMILES string of the molecule is CCC1(C)CCN(C(C)(CN)CCc2ccccc2)CC1. The smallest absolute Gasteiger partial charge is 0.0306 e. The van der Waals surface area contributed by atoms with Crippen LogP contribution in [-0.2, 0) is 6.42 Å². The van der Waals surface area contributed by atoms with Crippen LogP contribution < -0.4 is 5.73 Å². The molecule has 21 heavy (non-hydrogen) atoms. The van der Waals surface area contributed by atoms with E-state index in [2.05, 4.69) is 56.0 Å². The van der Waals surface area contributed by atoms with E-state index in [9.17, 15) is 0 Å². The highest BCUT2D eigenvalue weighted by molar-refractivity contribution is 5.15. The predicted molar refractivity (Wildman–Crippen MR) is 91.4 cm³/mol. The van der Waals surface area contributed by atoms with Gasteiger partial charge in [0, 0.05) is 12.1 Å². The topological polar surface area (TPSA) is 29.3 Å². The number of nitrogens with two attached hydrogens (primary N) is 1. The molecule has 2 nitrogen and oxygen atoms in total. The van der Waals surface area contributed by atoms with Gasteiger partial charge >= 0.3 is 0 Å². The summed E-state index contributed by atoms with van der Waals surface area (Å²) in [6, 6.07) is 10.8. The summed E-state index contributed by atoms with van der Waals surface area (Å²) >= 11 is 0. The van der Waals surface area contributed by atoms with Gasteiger partial charge in [-0.25, -0.2) is 0 Å². The predicted octanol–water partition coefficient (Wildman–Crippen LogP) is 3.85. The number of aryl methyl sites for hydroxylation is 1. The molecule has 1 atom stereocenters. The first kappa shape index (κ1) is 16.5. The average molecular weight is 288 g/mol. The molecule has 1 saturated heterocycles. The minimum atomic E-state index is 0.144. The minimum absolute atomic E-state index is 0.144. The van der Waals surface area contributed by atoms with E-state index in [4.69, 9.17) is 5.73 Å². The summed E-state index contributed by atoms with van der Waals surface area (Å²) < 4.78 is 0. The zero-order chi connectivity index (χ0) is 15.3. The fourth-order valence-corrected chi connectivity index (χ4v) is 3.39. The standard InChI is InChI=1S/C19H32N2/c1-4-18(2)12-14-21(15-13-18)19(3,16-20)11-10-17-8-6-5-7-9-17/h5-9H,4,10-16,20H2,1-3H3. The molecule has 1 aliphatic heterocycles. The molecule has 2 N–H and O–H groups in total. The quantitative estimate of drug-likeness (QED) is 0.861. The lowest BCUT2D eigenvalue weighted by Crippen LogP contribution is -2.55. The Kier molecular flexibility index (Phi) is 5.45. The zero-order valence-electron chi connectivity index (χ0n) is 14.1. The molecule has 0 aliphatic carbocycles. The average Bonchev–Trinajstić information content (AvgIpc) is 2.54. The molecule has 0 spiro atoms. The van der Waals surface area contributed by atoms with Crippen LogP contribution in [0.2, 0.25) is 0 Å². The van der Waals surface area contributed by atoms with Crippen molar-refractivity contribution in [3.05, 3.63) is 35.9 Å². The normalized spacial score (nSPS) is 21.9. The monoisotopic (exact) mass is 288 g/mol. The molecule has 1 aromatic carbocycles. The van der Waals surface area contributed by atoms with E-state index in [1.54, 1.807) is 0 Å². The first-order valence-corrected chi connectivity index (χ1v) is 8.50. The van der Waals surface area contributed by atoms with Gasteiger partial charge in [-0.2, -0.15) is 0 Å². The van der Waals surface area contributed by atoms with Gasteiger partial charge in [0.2, 0.25) is 0 Å². The molecule has 118 valence electrons. The molecule has 0 radical (unpaired) electrons. The largest absolute Gasteiger partial charge is 0.329 e. The van der Waals surface area contributed by atoms with E-state index >= 15 is 0 Å². The third-order valence-corrected chi connectivity index (χ3v) is 5.82. The molecule has 2 rings (SSSR count). The van der Waals surface area contributed by atoms with Crippen molar-refractivity contribution in [2.75, 3.05) is 19.6 Å². The molecular weight excluding hydrogens is 256 g/mol. The number of nitrogens with zero attached hydrogens (tertiary/aromatic N) is 1. The van der Waals surface area contributed by atoms with E-state index in [1.807, 2.05) is 0 Å². The molecule has 2 heteroatoms. The highest BCUT2D eigenvalue weighted by Crippen LogP contribution is 2.37. The Morgan fingerprint density at radius 1 is 1.19 bits per heavy atom. The highest BCUT2D eigenvalue weighted by atomic mass is 15.2. The van der Waals surface area contributed by atoms with Crippen LogP contribution in [0.3, 0.4) is 0 Å². The molecule has 1 heterocycles. The van der Waals surface area contributed by atoms with Crippen molar-refractivity contribution >= 4 is 0 Å². The molecular formula is C19H32N2. The second-order valence-electron chi connectivity index (χ2n) is 7.34. The molecule has 1 aromatic rings. The van der Waals surface area contributed by atoms with Crippen LogP contribution in [0, 0.1) is 5.41 Å². The lowest BCUT2D eigenvalue weighted by molar-refractivity contribution is 0.0300. The maximum absolute atomic E-state index is 6.16. The third-order valence-electron chi connectivity index (χ3n) is 5.82. The van der Waals surface area contributed by atoms with Crippen molar-refractivity contribution in [1.29, 1.82) is 0 Å². The number of piperidine rings is 1. The molecule has 1 fully saturated rings. The van der Waals surface area contributed by atoms with Crippen molar-refractivity contribution in [2.24, 2.45) is 11.1 Å². The maximum atomic E-state index is 6.16. The van der Waals surface area contributed by atoms with Gasteiger partial charge in [0.1, 0.15) is 0 Å². The molecule has 0 aromatic heterocycles. The van der Waals surface area contributed by atoms with Gasteiger partial charge in [0.15, 0.2) is 0 Å². The summed E-state index contributed by atoms with van der Waals surface area (Å²) in [5.41, 5.74) is 8.27. The second kappa shape index (κ2) is 6.93. The fourth-order valence-electron chi connectivity index (χ4n) is 3.39. The lowest BCUT2D eigenvalue weighted by atomic mass is 9.76. The summed E-state index contributed by atoms with van der Waals surface area (Å²) in [7, 11) is 0. The Morgan fingerprint density at radius 3 is 2.33 bits per heavy atom. The molecule has 1 unspecified atom stereocenters. The lowest BCUT2D eigenvalue weighted by Gasteiger charge is -2.47. The van der Waals surface area contributed by atoms with Crippen molar-refractivity contribution in [3.63, 3.8) is 0 Å². The Bertz CT molecular complexity index is 420.